The molecule has 0 amide bonds. The van der Waals surface area contributed by atoms with E-state index in [-0.39, 0.29) is 12.4 Å². The fourth-order valence-corrected chi connectivity index (χ4v) is 9.12. The molecule has 0 radical (unpaired) electrons. The highest BCUT2D eigenvalue weighted by atomic mass is 16.6. The highest BCUT2D eigenvalue weighted by molar-refractivity contribution is 5.78. The first-order valence-electron chi connectivity index (χ1n) is 44.4. The van der Waals surface area contributed by atoms with Gasteiger partial charge in [0.05, 0.1) is 476 Å². The van der Waals surface area contributed by atoms with Crippen molar-refractivity contribution in [3.63, 3.8) is 0 Å². The maximum absolute atomic E-state index is 11.6. The lowest BCUT2D eigenvalue weighted by Gasteiger charge is -2.19. The molecule has 39 nitrogen and oxygen atoms in total. The first kappa shape index (κ1) is 121. The third-order valence-corrected chi connectivity index (χ3v) is 15.2. The SMILES string of the molecule is CCCC(=O)CCCOCCOCCOCCOCCOCCOCCOCCOCCOCCOCCOCCOCCOCCOCCOCCOCCOCCOCCOCCOCCOCCOCCOCCOCCOCCOCCOCCOCCOCCOCCOCCOCCOCCOCCOCCOCCC(=O)OC(C)(C)C. The van der Waals surface area contributed by atoms with E-state index in [1.165, 1.54) is 0 Å². The Morgan fingerprint density at radius 2 is 0.252 bits per heavy atom. The molecule has 0 unspecified atom stereocenters. The Bertz CT molecular complexity index is 1910. The Hall–Kier alpha value is -2.30. The van der Waals surface area contributed by atoms with E-state index >= 15 is 0 Å². The first-order chi connectivity index (χ1) is 60.8. The molecule has 0 aliphatic carbocycles. The number of ether oxygens (including phenoxy) is 37. The van der Waals surface area contributed by atoms with E-state index in [0.717, 1.165) is 12.8 Å². The molecule has 39 heteroatoms. The molecule has 0 atom stereocenters. The maximum atomic E-state index is 11.6. The minimum atomic E-state index is -0.487. The number of hydrogen-bond acceptors (Lipinski definition) is 39. The van der Waals surface area contributed by atoms with Crippen molar-refractivity contribution >= 4 is 11.8 Å². The molecule has 0 heterocycles. The van der Waals surface area contributed by atoms with Crippen LogP contribution in [0.1, 0.15) is 59.8 Å². The van der Waals surface area contributed by atoms with Crippen LogP contribution in [0.4, 0.5) is 0 Å². The monoisotopic (exact) mass is 1800 g/mol. The number of Topliss-reactive ketones (excluding diaryl/α,β-unsaturated/α-hetero) is 1. The van der Waals surface area contributed by atoms with Crippen LogP contribution in [0.5, 0.6) is 0 Å². The average molecular weight is 1800 g/mol. The quantitative estimate of drug-likeness (QED) is 0.0621. The van der Waals surface area contributed by atoms with E-state index in [2.05, 4.69) is 0 Å². The van der Waals surface area contributed by atoms with Crippen LogP contribution in [0.3, 0.4) is 0 Å². The molecule has 0 N–H and O–H groups in total. The third-order valence-electron chi connectivity index (χ3n) is 15.2. The van der Waals surface area contributed by atoms with Gasteiger partial charge in [-0.25, -0.2) is 0 Å². The second-order valence-electron chi connectivity index (χ2n) is 26.8. The molecular weight excluding hydrogens is 1630 g/mol. The van der Waals surface area contributed by atoms with Gasteiger partial charge < -0.3 is 175 Å². The number of carbonyl (C=O) groups excluding carboxylic acids is 2. The van der Waals surface area contributed by atoms with Crippen molar-refractivity contribution in [3.05, 3.63) is 0 Å². The fourth-order valence-electron chi connectivity index (χ4n) is 9.12. The van der Waals surface area contributed by atoms with Crippen LogP contribution in [0.25, 0.3) is 0 Å². The molecule has 0 rings (SSSR count). The van der Waals surface area contributed by atoms with E-state index in [1.54, 1.807) is 0 Å². The number of carbonyl (C=O) groups is 2. The summed E-state index contributed by atoms with van der Waals surface area (Å²) in [7, 11) is 0. The highest BCUT2D eigenvalue weighted by Crippen LogP contribution is 2.08. The van der Waals surface area contributed by atoms with E-state index in [9.17, 15) is 9.59 Å². The summed E-state index contributed by atoms with van der Waals surface area (Å²) in [5.41, 5.74) is -0.487. The zero-order valence-electron chi connectivity index (χ0n) is 75.9. The Labute approximate surface area is 735 Å². The molecule has 0 aromatic carbocycles. The molecule has 736 valence electrons. The van der Waals surface area contributed by atoms with Crippen LogP contribution in [-0.2, 0) is 185 Å². The highest BCUT2D eigenvalue weighted by Gasteiger charge is 2.16. The summed E-state index contributed by atoms with van der Waals surface area (Å²) in [4.78, 5) is 23.1. The molecule has 0 aromatic heterocycles. The van der Waals surface area contributed by atoms with Gasteiger partial charge in [-0.3, -0.25) is 9.59 Å². The van der Waals surface area contributed by atoms with Crippen molar-refractivity contribution < 1.29 is 185 Å². The minimum absolute atomic E-state index is 0.221. The number of rotatable bonds is 114. The molecule has 0 fully saturated rings. The number of esters is 1. The zero-order valence-corrected chi connectivity index (χ0v) is 75.9. The van der Waals surface area contributed by atoms with Crippen molar-refractivity contribution in [3.8, 4) is 0 Å². The summed E-state index contributed by atoms with van der Waals surface area (Å²) in [5, 5.41) is 0. The molecule has 0 spiro atoms. The van der Waals surface area contributed by atoms with E-state index in [0.29, 0.717) is 494 Å². The average Bonchev–Trinajstić information content (AvgIpc) is 0.949. The molecule has 0 saturated carbocycles. The van der Waals surface area contributed by atoms with Gasteiger partial charge in [-0.05, 0) is 33.6 Å². The summed E-state index contributed by atoms with van der Waals surface area (Å²) < 4.78 is 204. The molecule has 0 aromatic rings. The van der Waals surface area contributed by atoms with Crippen LogP contribution < -0.4 is 0 Å². The second kappa shape index (κ2) is 110. The molecule has 0 bridgehead atoms. The molecule has 0 aliphatic rings. The standard InChI is InChI=1S/C84H166O39/c1-5-7-82(85)8-6-10-87-12-14-89-16-18-91-20-22-93-24-26-95-28-30-97-32-34-99-36-38-101-40-42-103-44-46-105-48-50-107-52-54-109-56-58-111-60-62-113-64-66-115-68-70-117-72-74-119-76-78-121-80-81-122-79-77-120-75-73-118-71-69-116-67-65-114-63-61-112-59-57-110-55-53-108-51-49-106-47-45-104-43-41-102-39-37-100-35-33-98-31-29-96-27-25-94-23-21-92-19-17-90-15-13-88-11-9-83(86)123-84(2,3)4/h5-81H2,1-4H3. The van der Waals surface area contributed by atoms with Gasteiger partial charge in [0.25, 0.3) is 0 Å². The van der Waals surface area contributed by atoms with Gasteiger partial charge in [0.1, 0.15) is 11.4 Å². The van der Waals surface area contributed by atoms with Crippen molar-refractivity contribution in [2.75, 3.05) is 476 Å². The van der Waals surface area contributed by atoms with Gasteiger partial charge >= 0.3 is 5.97 Å². The van der Waals surface area contributed by atoms with Crippen molar-refractivity contribution in [2.24, 2.45) is 0 Å². The van der Waals surface area contributed by atoms with Crippen LogP contribution in [0.2, 0.25) is 0 Å². The topological polar surface area (TPSA) is 376 Å². The molecular formula is C84H166O39. The lowest BCUT2D eigenvalue weighted by Crippen LogP contribution is -2.24. The Kier molecular flexibility index (Phi) is 108. The maximum Gasteiger partial charge on any atom is 0.308 e. The first-order valence-corrected chi connectivity index (χ1v) is 44.4. The van der Waals surface area contributed by atoms with Gasteiger partial charge in [-0.15, -0.1) is 0 Å². The van der Waals surface area contributed by atoms with Crippen molar-refractivity contribution in [1.29, 1.82) is 0 Å². The Morgan fingerprint density at radius 1 is 0.146 bits per heavy atom. The predicted molar refractivity (Wildman–Crippen MR) is 449 cm³/mol. The van der Waals surface area contributed by atoms with Gasteiger partial charge in [0, 0.05) is 19.4 Å². The van der Waals surface area contributed by atoms with Crippen LogP contribution in [0, 0.1) is 0 Å². The van der Waals surface area contributed by atoms with Crippen LogP contribution in [0.15, 0.2) is 0 Å². The van der Waals surface area contributed by atoms with E-state index in [1.807, 2.05) is 27.7 Å². The fraction of sp³-hybridized carbons (Fsp3) is 0.976. The summed E-state index contributed by atoms with van der Waals surface area (Å²) >= 11 is 0. The predicted octanol–water partition coefficient (Wildman–Crippen LogP) is 3.47. The summed E-state index contributed by atoms with van der Waals surface area (Å²) in [6.07, 6.45) is 3.13. The lowest BCUT2D eigenvalue weighted by molar-refractivity contribution is -0.156. The molecule has 0 aliphatic heterocycles. The van der Waals surface area contributed by atoms with Gasteiger partial charge in [0.15, 0.2) is 0 Å². The minimum Gasteiger partial charge on any atom is -0.460 e. The number of ketones is 1. The normalized spacial score (nSPS) is 11.9. The van der Waals surface area contributed by atoms with Gasteiger partial charge in [0.2, 0.25) is 0 Å². The third kappa shape index (κ3) is 116. The molecule has 0 saturated heterocycles. The summed E-state index contributed by atoms with van der Waals surface area (Å²) in [6.45, 7) is 41.7. The summed E-state index contributed by atoms with van der Waals surface area (Å²) in [6, 6.07) is 0. The van der Waals surface area contributed by atoms with E-state index in [4.69, 9.17) is 175 Å². The van der Waals surface area contributed by atoms with Gasteiger partial charge in [-0.2, -0.15) is 0 Å². The van der Waals surface area contributed by atoms with Crippen LogP contribution in [-0.4, -0.2) is 493 Å². The van der Waals surface area contributed by atoms with Crippen molar-refractivity contribution in [2.45, 2.75) is 65.4 Å². The van der Waals surface area contributed by atoms with E-state index < -0.39 is 5.60 Å². The molecule has 123 heavy (non-hydrogen) atoms. The Morgan fingerprint density at radius 3 is 0.358 bits per heavy atom. The smallest absolute Gasteiger partial charge is 0.308 e. The second-order valence-corrected chi connectivity index (χ2v) is 26.8. The zero-order chi connectivity index (χ0) is 88.3. The largest absolute Gasteiger partial charge is 0.460 e. The van der Waals surface area contributed by atoms with Crippen molar-refractivity contribution in [1.82, 2.24) is 0 Å². The number of hydrogen-bond donors (Lipinski definition) is 0. The van der Waals surface area contributed by atoms with Crippen LogP contribution >= 0.6 is 0 Å². The Balaban J connectivity index is 3.11. The summed E-state index contributed by atoms with van der Waals surface area (Å²) in [5.74, 6) is 0.0302. The lowest BCUT2D eigenvalue weighted by atomic mass is 10.1. The van der Waals surface area contributed by atoms with Gasteiger partial charge in [-0.1, -0.05) is 6.92 Å².